The summed E-state index contributed by atoms with van der Waals surface area (Å²) < 4.78 is 16.3. The Bertz CT molecular complexity index is 1450. The van der Waals surface area contributed by atoms with E-state index in [0.717, 1.165) is 4.47 Å². The van der Waals surface area contributed by atoms with Crippen LogP contribution in [0.15, 0.2) is 46.9 Å². The zero-order valence-electron chi connectivity index (χ0n) is 21.6. The first-order valence-electron chi connectivity index (χ1n) is 11.7. The van der Waals surface area contributed by atoms with Gasteiger partial charge in [-0.05, 0) is 47.6 Å². The van der Waals surface area contributed by atoms with Gasteiger partial charge >= 0.3 is 0 Å². The van der Waals surface area contributed by atoms with Crippen molar-refractivity contribution < 1.29 is 14.0 Å². The van der Waals surface area contributed by atoms with Crippen LogP contribution in [-0.4, -0.2) is 24.0 Å². The van der Waals surface area contributed by atoms with Gasteiger partial charge in [0.2, 0.25) is 5.91 Å². The van der Waals surface area contributed by atoms with Gasteiger partial charge in [0, 0.05) is 29.0 Å². The zero-order chi connectivity index (χ0) is 29.1. The maximum Gasteiger partial charge on any atom is 0.251 e. The monoisotopic (exact) mass is 653 g/mol. The molecule has 0 bridgehead atoms. The highest BCUT2D eigenvalue weighted by atomic mass is 79.9. The molecule has 206 valence electrons. The van der Waals surface area contributed by atoms with Gasteiger partial charge in [-0.15, -0.1) is 0 Å². The molecule has 12 heteroatoms. The molecule has 2 amide bonds. The van der Waals surface area contributed by atoms with Crippen LogP contribution in [0.4, 0.5) is 21.5 Å². The second kappa shape index (κ2) is 12.5. The van der Waals surface area contributed by atoms with Crippen LogP contribution in [-0.2, 0) is 11.3 Å². The lowest BCUT2D eigenvalue weighted by Gasteiger charge is -2.21. The van der Waals surface area contributed by atoms with Crippen molar-refractivity contribution in [3.05, 3.63) is 73.9 Å². The highest BCUT2D eigenvalue weighted by Gasteiger charge is 2.24. The molecule has 0 spiro atoms. The molecule has 0 radical (unpaired) electrons. The highest BCUT2D eigenvalue weighted by Crippen LogP contribution is 2.39. The van der Waals surface area contributed by atoms with Crippen LogP contribution in [0.5, 0.6) is 0 Å². The van der Waals surface area contributed by atoms with E-state index in [4.69, 9.17) is 41.2 Å². The Labute approximate surface area is 250 Å². The molecule has 0 aromatic heterocycles. The predicted octanol–water partition coefficient (Wildman–Crippen LogP) is 7.17. The maximum absolute atomic E-state index is 15.5. The average Bonchev–Trinajstić information content (AvgIpc) is 2.86. The van der Waals surface area contributed by atoms with E-state index < -0.39 is 17.1 Å². The number of carbonyl (C=O) groups is 2. The summed E-state index contributed by atoms with van der Waals surface area (Å²) in [6.07, 6.45) is 0. The molecule has 0 atom stereocenters. The minimum absolute atomic E-state index is 0.0648. The van der Waals surface area contributed by atoms with E-state index in [-0.39, 0.29) is 38.7 Å². The van der Waals surface area contributed by atoms with Gasteiger partial charge in [-0.2, -0.15) is 0 Å². The van der Waals surface area contributed by atoms with Crippen LogP contribution in [0.3, 0.4) is 0 Å². The minimum atomic E-state index is -0.938. The molecular formula is C27H27BrCl2FN5O2S. The Balaban J connectivity index is 1.96. The largest absolute Gasteiger partial charge is 0.386 e. The summed E-state index contributed by atoms with van der Waals surface area (Å²) in [5.74, 6) is -1.84. The molecule has 0 saturated carbocycles. The number of carbonyl (C=O) groups excluding carboxylic acids is 2. The third-order valence-electron chi connectivity index (χ3n) is 5.69. The van der Waals surface area contributed by atoms with Crippen LogP contribution in [0.2, 0.25) is 10.0 Å². The summed E-state index contributed by atoms with van der Waals surface area (Å²) in [5.41, 5.74) is 6.84. The van der Waals surface area contributed by atoms with Crippen LogP contribution >= 0.6 is 51.3 Å². The molecule has 6 N–H and O–H groups in total. The number of nitrogens with one attached hydrogen (secondary N) is 4. The number of primary amides is 1. The first kappa shape index (κ1) is 30.6. The fourth-order valence-electron chi connectivity index (χ4n) is 3.64. The molecule has 39 heavy (non-hydrogen) atoms. The van der Waals surface area contributed by atoms with E-state index in [9.17, 15) is 9.59 Å². The number of nitrogens with two attached hydrogens (primary N) is 1. The van der Waals surface area contributed by atoms with Gasteiger partial charge in [0.15, 0.2) is 5.11 Å². The fourth-order valence-corrected chi connectivity index (χ4v) is 4.65. The Morgan fingerprint density at radius 2 is 1.69 bits per heavy atom. The minimum Gasteiger partial charge on any atom is -0.386 e. The summed E-state index contributed by atoms with van der Waals surface area (Å²) in [6, 6.07) is 11.5. The first-order chi connectivity index (χ1) is 18.2. The second-order valence-electron chi connectivity index (χ2n) is 9.56. The molecule has 0 aliphatic heterocycles. The highest BCUT2D eigenvalue weighted by molar-refractivity contribution is 9.10. The normalized spacial score (nSPS) is 11.1. The van der Waals surface area contributed by atoms with Gasteiger partial charge in [0.05, 0.1) is 32.7 Å². The number of anilines is 3. The van der Waals surface area contributed by atoms with E-state index in [0.29, 0.717) is 28.2 Å². The van der Waals surface area contributed by atoms with Crippen molar-refractivity contribution in [3.8, 4) is 11.1 Å². The average molecular weight is 655 g/mol. The number of halogens is 4. The van der Waals surface area contributed by atoms with Gasteiger partial charge in [-0.3, -0.25) is 9.59 Å². The predicted molar refractivity (Wildman–Crippen MR) is 165 cm³/mol. The molecule has 0 aliphatic rings. The zero-order valence-corrected chi connectivity index (χ0v) is 25.5. The number of hydrogen-bond donors (Lipinski definition) is 5. The SMILES string of the molecule is CNc1c(NC(=S)Nc2c(Cl)ccc(CNC(=O)C(C)(C)C)c2Cl)cc(C(N)=O)c(F)c1-c1ccc(Br)cc1. The second-order valence-corrected chi connectivity index (χ2v) is 11.7. The lowest BCUT2D eigenvalue weighted by atomic mass is 9.95. The lowest BCUT2D eigenvalue weighted by molar-refractivity contribution is -0.128. The van der Waals surface area contributed by atoms with E-state index >= 15 is 4.39 Å². The number of rotatable bonds is 7. The number of thiocarbonyl (C=S) groups is 1. The summed E-state index contributed by atoms with van der Waals surface area (Å²) >= 11 is 21.9. The molecule has 0 saturated heterocycles. The summed E-state index contributed by atoms with van der Waals surface area (Å²) in [6.45, 7) is 5.61. The molecule has 0 unspecified atom stereocenters. The van der Waals surface area contributed by atoms with Crippen LogP contribution < -0.4 is 27.0 Å². The molecule has 0 fully saturated rings. The number of hydrogen-bond acceptors (Lipinski definition) is 4. The number of amides is 2. The maximum atomic E-state index is 15.5. The summed E-state index contributed by atoms with van der Waals surface area (Å²) in [5, 5.41) is 12.4. The third kappa shape index (κ3) is 7.19. The Morgan fingerprint density at radius 1 is 1.05 bits per heavy atom. The third-order valence-corrected chi connectivity index (χ3v) is 7.17. The van der Waals surface area contributed by atoms with Crippen molar-refractivity contribution in [2.24, 2.45) is 11.1 Å². The van der Waals surface area contributed by atoms with Gasteiger partial charge in [-0.1, -0.05) is 78.1 Å². The van der Waals surface area contributed by atoms with Gasteiger partial charge in [0.25, 0.3) is 5.91 Å². The van der Waals surface area contributed by atoms with Crippen molar-refractivity contribution in [2.45, 2.75) is 27.3 Å². The van der Waals surface area contributed by atoms with Crippen molar-refractivity contribution in [1.82, 2.24) is 5.32 Å². The van der Waals surface area contributed by atoms with E-state index in [1.54, 1.807) is 43.4 Å². The molecule has 3 aromatic rings. The fraction of sp³-hybridized carbons (Fsp3) is 0.222. The molecule has 7 nitrogen and oxygen atoms in total. The number of benzene rings is 3. The van der Waals surface area contributed by atoms with Gasteiger partial charge < -0.3 is 27.0 Å². The smallest absolute Gasteiger partial charge is 0.251 e. The standard InChI is InChI=1S/C27H27BrCl2FN5O2S/c1-27(2,3)25(38)34-12-14-7-10-17(29)22(20(14)30)36-26(39)35-18-11-16(24(32)37)21(31)19(23(18)33-4)13-5-8-15(28)9-6-13/h5-11,33H,12H2,1-4H3,(H2,32,37)(H,34,38)(H2,35,36,39). The van der Waals surface area contributed by atoms with Crippen LogP contribution in [0.25, 0.3) is 11.1 Å². The molecular weight excluding hydrogens is 628 g/mol. The lowest BCUT2D eigenvalue weighted by Crippen LogP contribution is -2.34. The van der Waals surface area contributed by atoms with Gasteiger partial charge in [0.1, 0.15) is 5.82 Å². The first-order valence-corrected chi connectivity index (χ1v) is 13.6. The Morgan fingerprint density at radius 3 is 2.26 bits per heavy atom. The van der Waals surface area contributed by atoms with E-state index in [1.807, 2.05) is 20.8 Å². The van der Waals surface area contributed by atoms with Crippen molar-refractivity contribution in [2.75, 3.05) is 23.0 Å². The van der Waals surface area contributed by atoms with Crippen LogP contribution in [0, 0.1) is 11.2 Å². The topological polar surface area (TPSA) is 108 Å². The van der Waals surface area contributed by atoms with E-state index in [2.05, 4.69) is 37.2 Å². The van der Waals surface area contributed by atoms with Crippen molar-refractivity contribution >= 4 is 85.3 Å². The van der Waals surface area contributed by atoms with Crippen molar-refractivity contribution in [3.63, 3.8) is 0 Å². The quantitative estimate of drug-likeness (QED) is 0.173. The summed E-state index contributed by atoms with van der Waals surface area (Å²) in [7, 11) is 1.62. The Kier molecular flexibility index (Phi) is 9.82. The van der Waals surface area contributed by atoms with E-state index in [1.165, 1.54) is 6.07 Å². The molecule has 0 aliphatic carbocycles. The molecule has 3 aromatic carbocycles. The molecule has 3 rings (SSSR count). The van der Waals surface area contributed by atoms with Crippen LogP contribution in [0.1, 0.15) is 36.7 Å². The van der Waals surface area contributed by atoms with Crippen molar-refractivity contribution in [1.29, 1.82) is 0 Å². The Hall–Kier alpha value is -2.92. The molecule has 0 heterocycles. The van der Waals surface area contributed by atoms with Gasteiger partial charge in [-0.25, -0.2) is 4.39 Å². The summed E-state index contributed by atoms with van der Waals surface area (Å²) in [4.78, 5) is 24.4.